The molecule has 19 heavy (non-hydrogen) atoms. The lowest BCUT2D eigenvalue weighted by molar-refractivity contribution is 0.0897. The third-order valence-corrected chi connectivity index (χ3v) is 2.98. The second-order valence-electron chi connectivity index (χ2n) is 5.62. The van der Waals surface area contributed by atoms with Crippen molar-refractivity contribution in [3.05, 3.63) is 17.5 Å². The predicted molar refractivity (Wildman–Crippen MR) is 79.6 cm³/mol. The summed E-state index contributed by atoms with van der Waals surface area (Å²) in [5, 5.41) is 7.20. The van der Waals surface area contributed by atoms with E-state index < -0.39 is 0 Å². The Morgan fingerprint density at radius 1 is 1.58 bits per heavy atom. The Morgan fingerprint density at radius 3 is 2.53 bits per heavy atom. The molecule has 0 radical (unpaired) electrons. The number of nitrogens with zero attached hydrogens (tertiary/aromatic N) is 2. The monoisotopic (exact) mass is 288 g/mol. The quantitative estimate of drug-likeness (QED) is 0.865. The molecule has 5 nitrogen and oxygen atoms in total. The molecule has 0 bridgehead atoms. The third-order valence-electron chi connectivity index (χ3n) is 2.98. The van der Waals surface area contributed by atoms with Crippen LogP contribution in [0.2, 0.25) is 0 Å². The van der Waals surface area contributed by atoms with Crippen LogP contribution in [0.15, 0.2) is 6.20 Å². The SMILES string of the molecule is Cc1nn(C)cc1C(=O)NC(C)(CN)CC(C)C.Cl. The average Bonchev–Trinajstić information content (AvgIpc) is 2.56. The standard InChI is InChI=1S/C13H24N4O.ClH/c1-9(2)6-13(4,8-14)15-12(18)11-7-17(5)16-10(11)3;/h7,9H,6,8,14H2,1-5H3,(H,15,18);1H. The Morgan fingerprint density at radius 2 is 2.16 bits per heavy atom. The fraction of sp³-hybridized carbons (Fsp3) is 0.692. The van der Waals surface area contributed by atoms with Crippen LogP contribution in [-0.2, 0) is 7.05 Å². The van der Waals surface area contributed by atoms with Gasteiger partial charge in [-0.05, 0) is 26.2 Å². The van der Waals surface area contributed by atoms with Gasteiger partial charge >= 0.3 is 0 Å². The number of carbonyl (C=O) groups is 1. The second-order valence-corrected chi connectivity index (χ2v) is 5.62. The molecule has 0 saturated heterocycles. The summed E-state index contributed by atoms with van der Waals surface area (Å²) in [7, 11) is 1.81. The first-order valence-electron chi connectivity index (χ1n) is 6.30. The van der Waals surface area contributed by atoms with Crippen LogP contribution < -0.4 is 11.1 Å². The molecular formula is C13H25ClN4O. The largest absolute Gasteiger partial charge is 0.345 e. The van der Waals surface area contributed by atoms with E-state index in [0.29, 0.717) is 18.0 Å². The lowest BCUT2D eigenvalue weighted by Crippen LogP contribution is -2.52. The van der Waals surface area contributed by atoms with Gasteiger partial charge in [-0.2, -0.15) is 5.10 Å². The summed E-state index contributed by atoms with van der Waals surface area (Å²) >= 11 is 0. The van der Waals surface area contributed by atoms with E-state index in [1.807, 2.05) is 13.8 Å². The molecule has 1 atom stereocenters. The number of aryl methyl sites for hydroxylation is 2. The highest BCUT2D eigenvalue weighted by Gasteiger charge is 2.27. The number of rotatable bonds is 5. The van der Waals surface area contributed by atoms with Crippen LogP contribution in [0.5, 0.6) is 0 Å². The van der Waals surface area contributed by atoms with Crippen molar-refractivity contribution in [2.75, 3.05) is 6.54 Å². The summed E-state index contributed by atoms with van der Waals surface area (Å²) in [5.74, 6) is 0.378. The summed E-state index contributed by atoms with van der Waals surface area (Å²) in [4.78, 5) is 12.2. The Hall–Kier alpha value is -1.07. The molecular weight excluding hydrogens is 264 g/mol. The van der Waals surface area contributed by atoms with E-state index in [0.717, 1.165) is 12.1 Å². The third kappa shape index (κ3) is 4.84. The molecule has 1 unspecified atom stereocenters. The molecule has 0 spiro atoms. The van der Waals surface area contributed by atoms with Gasteiger partial charge in [0.15, 0.2) is 0 Å². The molecule has 0 fully saturated rings. The lowest BCUT2D eigenvalue weighted by Gasteiger charge is -2.31. The van der Waals surface area contributed by atoms with Crippen molar-refractivity contribution in [1.29, 1.82) is 0 Å². The van der Waals surface area contributed by atoms with Crippen molar-refractivity contribution < 1.29 is 4.79 Å². The smallest absolute Gasteiger partial charge is 0.255 e. The molecule has 1 rings (SSSR count). The molecule has 1 amide bonds. The van der Waals surface area contributed by atoms with Gasteiger partial charge in [-0.3, -0.25) is 9.48 Å². The first-order chi connectivity index (χ1) is 8.27. The molecule has 0 aromatic carbocycles. The molecule has 1 heterocycles. The Balaban J connectivity index is 0.00000324. The number of hydrogen-bond acceptors (Lipinski definition) is 3. The highest BCUT2D eigenvalue weighted by Crippen LogP contribution is 2.16. The number of halogens is 1. The van der Waals surface area contributed by atoms with Gasteiger partial charge in [-0.1, -0.05) is 13.8 Å². The fourth-order valence-electron chi connectivity index (χ4n) is 2.25. The lowest BCUT2D eigenvalue weighted by atomic mass is 9.90. The maximum Gasteiger partial charge on any atom is 0.255 e. The van der Waals surface area contributed by atoms with Crippen molar-refractivity contribution in [1.82, 2.24) is 15.1 Å². The second kappa shape index (κ2) is 6.91. The van der Waals surface area contributed by atoms with Crippen LogP contribution in [0, 0.1) is 12.8 Å². The number of amides is 1. The number of nitrogens with one attached hydrogen (secondary N) is 1. The molecule has 110 valence electrons. The minimum absolute atomic E-state index is 0. The van der Waals surface area contributed by atoms with E-state index in [-0.39, 0.29) is 23.9 Å². The van der Waals surface area contributed by atoms with E-state index in [1.54, 1.807) is 17.9 Å². The van der Waals surface area contributed by atoms with E-state index in [2.05, 4.69) is 24.3 Å². The maximum atomic E-state index is 12.2. The Kier molecular flexibility index (Phi) is 6.52. The topological polar surface area (TPSA) is 72.9 Å². The van der Waals surface area contributed by atoms with E-state index in [9.17, 15) is 4.79 Å². The molecule has 0 aliphatic carbocycles. The van der Waals surface area contributed by atoms with Gasteiger partial charge in [-0.25, -0.2) is 0 Å². The van der Waals surface area contributed by atoms with E-state index in [4.69, 9.17) is 5.73 Å². The van der Waals surface area contributed by atoms with Crippen LogP contribution >= 0.6 is 12.4 Å². The fourth-order valence-corrected chi connectivity index (χ4v) is 2.25. The van der Waals surface area contributed by atoms with Crippen LogP contribution in [0.4, 0.5) is 0 Å². The van der Waals surface area contributed by atoms with Crippen LogP contribution in [-0.4, -0.2) is 27.8 Å². The molecule has 1 aromatic rings. The van der Waals surface area contributed by atoms with Crippen molar-refractivity contribution in [3.63, 3.8) is 0 Å². The summed E-state index contributed by atoms with van der Waals surface area (Å²) in [6, 6.07) is 0. The molecule has 1 aromatic heterocycles. The summed E-state index contributed by atoms with van der Waals surface area (Å²) in [6.45, 7) is 8.48. The van der Waals surface area contributed by atoms with E-state index >= 15 is 0 Å². The normalized spacial score (nSPS) is 13.8. The van der Waals surface area contributed by atoms with Gasteiger partial charge in [-0.15, -0.1) is 12.4 Å². The van der Waals surface area contributed by atoms with Gasteiger partial charge in [0.05, 0.1) is 11.3 Å². The van der Waals surface area contributed by atoms with E-state index in [1.165, 1.54) is 0 Å². The van der Waals surface area contributed by atoms with Crippen molar-refractivity contribution >= 4 is 18.3 Å². The minimum atomic E-state index is -0.368. The maximum absolute atomic E-state index is 12.2. The first-order valence-corrected chi connectivity index (χ1v) is 6.30. The zero-order valence-electron chi connectivity index (χ0n) is 12.4. The number of carbonyl (C=O) groups excluding carboxylic acids is 1. The summed E-state index contributed by atoms with van der Waals surface area (Å²) in [6.07, 6.45) is 2.59. The zero-order valence-corrected chi connectivity index (χ0v) is 13.2. The summed E-state index contributed by atoms with van der Waals surface area (Å²) in [5.41, 5.74) is 6.77. The molecule has 3 N–H and O–H groups in total. The van der Waals surface area contributed by atoms with Crippen molar-refractivity contribution in [2.24, 2.45) is 18.7 Å². The highest BCUT2D eigenvalue weighted by atomic mass is 35.5. The van der Waals surface area contributed by atoms with Gasteiger partial charge in [0.25, 0.3) is 5.91 Å². The number of aromatic nitrogens is 2. The van der Waals surface area contributed by atoms with Crippen LogP contribution in [0.3, 0.4) is 0 Å². The van der Waals surface area contributed by atoms with Gasteiger partial charge in [0.2, 0.25) is 0 Å². The summed E-state index contributed by atoms with van der Waals surface area (Å²) < 4.78 is 1.65. The minimum Gasteiger partial charge on any atom is -0.345 e. The van der Waals surface area contributed by atoms with Crippen molar-refractivity contribution in [3.8, 4) is 0 Å². The number of hydrogen-bond donors (Lipinski definition) is 2. The van der Waals surface area contributed by atoms with Gasteiger partial charge < -0.3 is 11.1 Å². The number of nitrogens with two attached hydrogens (primary N) is 1. The predicted octanol–water partition coefficient (Wildman–Crippen LogP) is 1.64. The van der Waals surface area contributed by atoms with Gasteiger partial charge in [0, 0.05) is 25.3 Å². The molecule has 6 heteroatoms. The highest BCUT2D eigenvalue weighted by molar-refractivity contribution is 5.95. The van der Waals surface area contributed by atoms with Crippen LogP contribution in [0.25, 0.3) is 0 Å². The van der Waals surface area contributed by atoms with Gasteiger partial charge in [0.1, 0.15) is 0 Å². The average molecular weight is 289 g/mol. The molecule has 0 saturated carbocycles. The van der Waals surface area contributed by atoms with Crippen molar-refractivity contribution in [2.45, 2.75) is 39.7 Å². The molecule has 0 aliphatic heterocycles. The first kappa shape index (κ1) is 17.9. The van der Waals surface area contributed by atoms with Crippen LogP contribution in [0.1, 0.15) is 43.2 Å². The Labute approximate surface area is 121 Å². The zero-order chi connectivity index (χ0) is 13.9. The molecule has 0 aliphatic rings. The Bertz CT molecular complexity index is 430.